The fourth-order valence-corrected chi connectivity index (χ4v) is 1.75. The van der Waals surface area contributed by atoms with Crippen LogP contribution in [-0.2, 0) is 13.0 Å². The summed E-state index contributed by atoms with van der Waals surface area (Å²) in [6.45, 7) is 6.23. The van der Waals surface area contributed by atoms with Crippen LogP contribution < -0.4 is 5.32 Å². The summed E-state index contributed by atoms with van der Waals surface area (Å²) in [7, 11) is 0. The molecule has 100 valence electrons. The lowest BCUT2D eigenvalue weighted by Crippen LogP contribution is -2.19. The molecule has 2 rings (SSSR count). The van der Waals surface area contributed by atoms with Crippen LogP contribution >= 0.6 is 0 Å². The van der Waals surface area contributed by atoms with Crippen molar-refractivity contribution in [3.05, 3.63) is 53.9 Å². The van der Waals surface area contributed by atoms with E-state index in [2.05, 4.69) is 34.1 Å². The van der Waals surface area contributed by atoms with Gasteiger partial charge in [-0.25, -0.2) is 9.97 Å². The second kappa shape index (κ2) is 6.95. The fraction of sp³-hybridized carbons (Fsp3) is 0.400. The maximum Gasteiger partial charge on any atom is 0.132 e. The fourth-order valence-electron chi connectivity index (χ4n) is 1.75. The van der Waals surface area contributed by atoms with Crippen LogP contribution in [-0.4, -0.2) is 21.5 Å². The normalized spacial score (nSPS) is 10.9. The van der Waals surface area contributed by atoms with Crippen LogP contribution in [0.3, 0.4) is 0 Å². The van der Waals surface area contributed by atoms with Crippen LogP contribution in [0.15, 0.2) is 36.9 Å². The van der Waals surface area contributed by atoms with Crippen LogP contribution in [0, 0.1) is 5.92 Å². The van der Waals surface area contributed by atoms with E-state index in [1.807, 2.05) is 24.5 Å². The van der Waals surface area contributed by atoms with Gasteiger partial charge in [-0.15, -0.1) is 0 Å². The molecule has 0 aliphatic heterocycles. The second-order valence-electron chi connectivity index (χ2n) is 5.06. The predicted octanol–water partition coefficient (Wildman–Crippen LogP) is 2.21. The summed E-state index contributed by atoms with van der Waals surface area (Å²) in [6, 6.07) is 3.98. The summed E-state index contributed by atoms with van der Waals surface area (Å²) in [5.74, 6) is 1.51. The zero-order valence-electron chi connectivity index (χ0n) is 11.5. The summed E-state index contributed by atoms with van der Waals surface area (Å²) < 4.78 is 0. The Morgan fingerprint density at radius 3 is 2.37 bits per heavy atom. The van der Waals surface area contributed by atoms with E-state index in [9.17, 15) is 0 Å². The van der Waals surface area contributed by atoms with Crippen molar-refractivity contribution in [3.63, 3.8) is 0 Å². The van der Waals surface area contributed by atoms with Crippen molar-refractivity contribution in [3.8, 4) is 0 Å². The highest BCUT2D eigenvalue weighted by Gasteiger charge is 2.00. The van der Waals surface area contributed by atoms with Crippen molar-refractivity contribution in [1.29, 1.82) is 0 Å². The third-order valence-corrected chi connectivity index (χ3v) is 2.75. The Morgan fingerprint density at radius 1 is 1.05 bits per heavy atom. The molecule has 0 atom stereocenters. The van der Waals surface area contributed by atoms with Crippen LogP contribution in [0.5, 0.6) is 0 Å². The average Bonchev–Trinajstić information content (AvgIpc) is 2.42. The Hall–Kier alpha value is -1.81. The molecule has 1 N–H and O–H groups in total. The molecule has 0 radical (unpaired) electrons. The molecule has 2 aromatic rings. The molecule has 4 heteroatoms. The summed E-state index contributed by atoms with van der Waals surface area (Å²) in [5.41, 5.74) is 2.31. The van der Waals surface area contributed by atoms with Gasteiger partial charge in [-0.2, -0.15) is 0 Å². The number of hydrogen-bond acceptors (Lipinski definition) is 4. The molecule has 0 spiro atoms. The van der Waals surface area contributed by atoms with Crippen LogP contribution in [0.2, 0.25) is 0 Å². The molecular weight excluding hydrogens is 236 g/mol. The SMILES string of the molecule is CC(C)CNCc1cnc(Cc2ccncc2)nc1. The lowest BCUT2D eigenvalue weighted by molar-refractivity contribution is 0.551. The third kappa shape index (κ3) is 4.75. The molecule has 0 amide bonds. The van der Waals surface area contributed by atoms with Gasteiger partial charge in [0, 0.05) is 43.3 Å². The molecule has 0 unspecified atom stereocenters. The molecule has 19 heavy (non-hydrogen) atoms. The topological polar surface area (TPSA) is 50.7 Å². The molecule has 4 nitrogen and oxygen atoms in total. The van der Waals surface area contributed by atoms with E-state index in [4.69, 9.17) is 0 Å². The molecule has 2 heterocycles. The van der Waals surface area contributed by atoms with Crippen LogP contribution in [0.4, 0.5) is 0 Å². The quantitative estimate of drug-likeness (QED) is 0.861. The zero-order chi connectivity index (χ0) is 13.5. The molecule has 0 saturated heterocycles. The summed E-state index contributed by atoms with van der Waals surface area (Å²) in [6.07, 6.45) is 8.13. The van der Waals surface area contributed by atoms with E-state index >= 15 is 0 Å². The molecule has 0 aliphatic rings. The highest BCUT2D eigenvalue weighted by molar-refractivity contribution is 5.16. The second-order valence-corrected chi connectivity index (χ2v) is 5.06. The summed E-state index contributed by atoms with van der Waals surface area (Å²) >= 11 is 0. The van der Waals surface area contributed by atoms with Gasteiger partial charge in [-0.1, -0.05) is 13.8 Å². The monoisotopic (exact) mass is 256 g/mol. The lowest BCUT2D eigenvalue weighted by Gasteiger charge is -2.07. The van der Waals surface area contributed by atoms with Crippen molar-refractivity contribution in [1.82, 2.24) is 20.3 Å². The van der Waals surface area contributed by atoms with Crippen LogP contribution in [0.25, 0.3) is 0 Å². The molecule has 0 fully saturated rings. The molecule has 0 aliphatic carbocycles. The van der Waals surface area contributed by atoms with Crippen molar-refractivity contribution < 1.29 is 0 Å². The first kappa shape index (κ1) is 13.6. The number of rotatable bonds is 6. The highest BCUT2D eigenvalue weighted by atomic mass is 14.9. The van der Waals surface area contributed by atoms with Gasteiger partial charge in [0.2, 0.25) is 0 Å². The van der Waals surface area contributed by atoms with Crippen LogP contribution in [0.1, 0.15) is 30.8 Å². The first-order chi connectivity index (χ1) is 9.24. The highest BCUT2D eigenvalue weighted by Crippen LogP contribution is 2.04. The maximum atomic E-state index is 4.40. The number of hydrogen-bond donors (Lipinski definition) is 1. The van der Waals surface area contributed by atoms with E-state index in [0.29, 0.717) is 5.92 Å². The number of nitrogens with one attached hydrogen (secondary N) is 1. The van der Waals surface area contributed by atoms with Crippen molar-refractivity contribution in [2.45, 2.75) is 26.8 Å². The Morgan fingerprint density at radius 2 is 1.74 bits per heavy atom. The van der Waals surface area contributed by atoms with Gasteiger partial charge in [0.25, 0.3) is 0 Å². The maximum absolute atomic E-state index is 4.40. The lowest BCUT2D eigenvalue weighted by atomic mass is 10.2. The number of nitrogens with zero attached hydrogens (tertiary/aromatic N) is 3. The van der Waals surface area contributed by atoms with Crippen molar-refractivity contribution in [2.24, 2.45) is 5.92 Å². The van der Waals surface area contributed by atoms with Gasteiger partial charge in [0.05, 0.1) is 0 Å². The largest absolute Gasteiger partial charge is 0.312 e. The predicted molar refractivity (Wildman–Crippen MR) is 75.6 cm³/mol. The Kier molecular flexibility index (Phi) is 4.98. The minimum Gasteiger partial charge on any atom is -0.312 e. The molecule has 0 saturated carbocycles. The first-order valence-electron chi connectivity index (χ1n) is 6.63. The molecule has 0 bridgehead atoms. The molecule has 2 aromatic heterocycles. The first-order valence-corrected chi connectivity index (χ1v) is 6.63. The Balaban J connectivity index is 1.88. The van der Waals surface area contributed by atoms with Gasteiger partial charge in [-0.3, -0.25) is 4.98 Å². The molecular formula is C15H20N4. The third-order valence-electron chi connectivity index (χ3n) is 2.75. The van der Waals surface area contributed by atoms with E-state index < -0.39 is 0 Å². The minimum absolute atomic E-state index is 0.659. The Bertz CT molecular complexity index is 479. The van der Waals surface area contributed by atoms with Gasteiger partial charge in [0.15, 0.2) is 0 Å². The van der Waals surface area contributed by atoms with Gasteiger partial charge in [0.1, 0.15) is 5.82 Å². The van der Waals surface area contributed by atoms with Gasteiger partial charge < -0.3 is 5.32 Å². The summed E-state index contributed by atoms with van der Waals surface area (Å²) in [4.78, 5) is 12.8. The average molecular weight is 256 g/mol. The minimum atomic E-state index is 0.659. The van der Waals surface area contributed by atoms with Gasteiger partial charge in [-0.05, 0) is 30.2 Å². The zero-order valence-corrected chi connectivity index (χ0v) is 11.5. The van der Waals surface area contributed by atoms with E-state index in [1.54, 1.807) is 12.4 Å². The van der Waals surface area contributed by atoms with E-state index in [1.165, 1.54) is 5.56 Å². The van der Waals surface area contributed by atoms with E-state index in [0.717, 1.165) is 30.9 Å². The van der Waals surface area contributed by atoms with Crippen molar-refractivity contribution in [2.75, 3.05) is 6.54 Å². The summed E-state index contributed by atoms with van der Waals surface area (Å²) in [5, 5.41) is 3.38. The molecule has 0 aromatic carbocycles. The standard InChI is InChI=1S/C15H20N4/c1-12(2)8-17-9-14-10-18-15(19-11-14)7-13-3-5-16-6-4-13/h3-6,10-12,17H,7-9H2,1-2H3. The number of pyridine rings is 1. The Labute approximate surface area is 114 Å². The van der Waals surface area contributed by atoms with E-state index in [-0.39, 0.29) is 0 Å². The number of aromatic nitrogens is 3. The smallest absolute Gasteiger partial charge is 0.132 e. The van der Waals surface area contributed by atoms with Gasteiger partial charge >= 0.3 is 0 Å². The van der Waals surface area contributed by atoms with Crippen molar-refractivity contribution >= 4 is 0 Å².